The molecule has 0 aromatic heterocycles. The van der Waals surface area contributed by atoms with E-state index in [9.17, 15) is 13.2 Å². The van der Waals surface area contributed by atoms with Gasteiger partial charge in [-0.15, -0.1) is 0 Å². The smallest absolute Gasteiger partial charge is 0.235 e. The minimum Gasteiger partial charge on any atom is -0.298 e. The lowest BCUT2D eigenvalue weighted by atomic mass is 10.2. The van der Waals surface area contributed by atoms with Crippen molar-refractivity contribution in [1.82, 2.24) is 0 Å². The molecule has 1 aliphatic heterocycles. The van der Waals surface area contributed by atoms with Crippen LogP contribution in [0.4, 0.5) is 5.69 Å². The molecule has 0 unspecified atom stereocenters. The number of hydrogen-bond acceptors (Lipinski definition) is 3. The molecule has 0 bridgehead atoms. The highest BCUT2D eigenvalue weighted by molar-refractivity contribution is 7.92. The van der Waals surface area contributed by atoms with Gasteiger partial charge >= 0.3 is 0 Å². The van der Waals surface area contributed by atoms with E-state index in [1.54, 1.807) is 24.3 Å². The van der Waals surface area contributed by atoms with Gasteiger partial charge in [-0.1, -0.05) is 12.1 Å². The van der Waals surface area contributed by atoms with Crippen molar-refractivity contribution in [3.63, 3.8) is 0 Å². The van der Waals surface area contributed by atoms with Crippen LogP contribution in [0, 0.1) is 0 Å². The highest BCUT2D eigenvalue weighted by Gasteiger charge is 2.25. The van der Waals surface area contributed by atoms with Gasteiger partial charge in [-0.3, -0.25) is 9.10 Å². The Morgan fingerprint density at radius 2 is 2.06 bits per heavy atom. The Morgan fingerprint density at radius 3 is 2.75 bits per heavy atom. The summed E-state index contributed by atoms with van der Waals surface area (Å²) in [6.07, 6.45) is 2.30. The van der Waals surface area contributed by atoms with E-state index in [0.717, 1.165) is 12.7 Å². The Bertz CT molecular complexity index is 496. The second-order valence-corrected chi connectivity index (χ2v) is 5.82. The molecule has 0 spiro atoms. The summed E-state index contributed by atoms with van der Waals surface area (Å²) in [7, 11) is -3.18. The van der Waals surface area contributed by atoms with Crippen molar-refractivity contribution in [2.45, 2.75) is 12.8 Å². The van der Waals surface area contributed by atoms with Crippen LogP contribution in [0.15, 0.2) is 24.3 Å². The molecule has 86 valence electrons. The van der Waals surface area contributed by atoms with Crippen LogP contribution in [0.25, 0.3) is 0 Å². The maximum Gasteiger partial charge on any atom is 0.235 e. The molecule has 4 nitrogen and oxygen atoms in total. The van der Waals surface area contributed by atoms with Gasteiger partial charge in [0.2, 0.25) is 10.0 Å². The number of benzene rings is 1. The normalized spacial score (nSPS) is 19.4. The van der Waals surface area contributed by atoms with Gasteiger partial charge in [-0.05, 0) is 25.0 Å². The highest BCUT2D eigenvalue weighted by atomic mass is 32.2. The zero-order valence-electron chi connectivity index (χ0n) is 8.80. The van der Waals surface area contributed by atoms with Crippen molar-refractivity contribution in [2.24, 2.45) is 0 Å². The largest absolute Gasteiger partial charge is 0.298 e. The van der Waals surface area contributed by atoms with Gasteiger partial charge in [0.05, 0.1) is 11.4 Å². The van der Waals surface area contributed by atoms with Crippen molar-refractivity contribution in [3.8, 4) is 0 Å². The van der Waals surface area contributed by atoms with E-state index in [0.29, 0.717) is 24.2 Å². The van der Waals surface area contributed by atoms with Gasteiger partial charge in [-0.25, -0.2) is 8.42 Å². The molecule has 0 aliphatic carbocycles. The molecule has 0 saturated carbocycles. The van der Waals surface area contributed by atoms with Crippen LogP contribution >= 0.6 is 0 Å². The summed E-state index contributed by atoms with van der Waals surface area (Å²) in [5.74, 6) is 0.193. The molecule has 1 aromatic carbocycles. The average Bonchev–Trinajstić information content (AvgIpc) is 2.28. The van der Waals surface area contributed by atoms with E-state index in [1.165, 1.54) is 4.31 Å². The number of rotatable bonds is 2. The number of carbonyl (C=O) groups excluding carboxylic acids is 1. The Kier molecular flexibility index (Phi) is 2.96. The van der Waals surface area contributed by atoms with Crippen LogP contribution in [0.5, 0.6) is 0 Å². The lowest BCUT2D eigenvalue weighted by Gasteiger charge is -2.28. The number of anilines is 1. The summed E-state index contributed by atoms with van der Waals surface area (Å²) in [6.45, 7) is 0.505. The molecule has 1 heterocycles. The number of carbonyl (C=O) groups is 1. The quantitative estimate of drug-likeness (QED) is 0.734. The Balaban J connectivity index is 2.38. The topological polar surface area (TPSA) is 54.5 Å². The molecule has 0 atom stereocenters. The second-order valence-electron chi connectivity index (χ2n) is 3.81. The standard InChI is InChI=1S/C11H13NO3S/c13-9-10-4-3-5-11(8-10)12-6-1-2-7-16(12,14)15/h3-5,8-9H,1-2,6-7H2. The number of hydrogen-bond donors (Lipinski definition) is 0. The fraction of sp³-hybridized carbons (Fsp3) is 0.364. The summed E-state index contributed by atoms with van der Waals surface area (Å²) in [5.41, 5.74) is 1.09. The van der Waals surface area contributed by atoms with Crippen LogP contribution in [0.1, 0.15) is 23.2 Å². The first-order valence-corrected chi connectivity index (χ1v) is 6.80. The lowest BCUT2D eigenvalue weighted by molar-refractivity contribution is 0.112. The molecule has 1 aliphatic rings. The van der Waals surface area contributed by atoms with Crippen molar-refractivity contribution >= 4 is 22.0 Å². The summed E-state index contributed by atoms with van der Waals surface area (Å²) < 4.78 is 25.0. The zero-order chi connectivity index (χ0) is 11.6. The third-order valence-electron chi connectivity index (χ3n) is 2.64. The van der Waals surface area contributed by atoms with Gasteiger partial charge in [0.1, 0.15) is 6.29 Å². The molecule has 5 heteroatoms. The first kappa shape index (κ1) is 11.1. The molecule has 1 saturated heterocycles. The van der Waals surface area contributed by atoms with Crippen molar-refractivity contribution < 1.29 is 13.2 Å². The number of sulfonamides is 1. The Hall–Kier alpha value is -1.36. The molecule has 1 aromatic rings. The van der Waals surface area contributed by atoms with Crippen LogP contribution in [0.2, 0.25) is 0 Å². The van der Waals surface area contributed by atoms with E-state index in [4.69, 9.17) is 0 Å². The van der Waals surface area contributed by atoms with E-state index in [1.807, 2.05) is 0 Å². The number of nitrogens with zero attached hydrogens (tertiary/aromatic N) is 1. The van der Waals surface area contributed by atoms with Gasteiger partial charge in [0.15, 0.2) is 0 Å². The van der Waals surface area contributed by atoms with Crippen LogP contribution in [-0.2, 0) is 10.0 Å². The summed E-state index contributed by atoms with van der Waals surface area (Å²) in [5, 5.41) is 0. The van der Waals surface area contributed by atoms with E-state index < -0.39 is 10.0 Å². The third kappa shape index (κ3) is 2.09. The van der Waals surface area contributed by atoms with E-state index in [2.05, 4.69) is 0 Å². The zero-order valence-corrected chi connectivity index (χ0v) is 9.61. The predicted octanol–water partition coefficient (Wildman–Crippen LogP) is 1.43. The summed E-state index contributed by atoms with van der Waals surface area (Å²) in [6, 6.07) is 6.68. The van der Waals surface area contributed by atoms with Crippen molar-refractivity contribution in [3.05, 3.63) is 29.8 Å². The minimum atomic E-state index is -3.18. The maximum absolute atomic E-state index is 11.8. The molecule has 0 radical (unpaired) electrons. The lowest BCUT2D eigenvalue weighted by Crippen LogP contribution is -2.37. The van der Waals surface area contributed by atoms with Gasteiger partial charge in [0.25, 0.3) is 0 Å². The van der Waals surface area contributed by atoms with Crippen molar-refractivity contribution in [2.75, 3.05) is 16.6 Å². The molecule has 1 fully saturated rings. The van der Waals surface area contributed by atoms with Gasteiger partial charge < -0.3 is 0 Å². The summed E-state index contributed by atoms with van der Waals surface area (Å²) >= 11 is 0. The van der Waals surface area contributed by atoms with Crippen LogP contribution in [-0.4, -0.2) is 27.0 Å². The minimum absolute atomic E-state index is 0.193. The Morgan fingerprint density at radius 1 is 1.25 bits per heavy atom. The van der Waals surface area contributed by atoms with Crippen LogP contribution in [0.3, 0.4) is 0 Å². The van der Waals surface area contributed by atoms with Gasteiger partial charge in [-0.2, -0.15) is 0 Å². The molecule has 2 rings (SSSR count). The monoisotopic (exact) mass is 239 g/mol. The molecule has 16 heavy (non-hydrogen) atoms. The average molecular weight is 239 g/mol. The molecule has 0 N–H and O–H groups in total. The highest BCUT2D eigenvalue weighted by Crippen LogP contribution is 2.23. The maximum atomic E-state index is 11.8. The van der Waals surface area contributed by atoms with E-state index >= 15 is 0 Å². The first-order valence-electron chi connectivity index (χ1n) is 5.19. The molecule has 0 amide bonds. The van der Waals surface area contributed by atoms with Gasteiger partial charge in [0, 0.05) is 12.1 Å². The SMILES string of the molecule is O=Cc1cccc(N2CCCCS2(=O)=O)c1. The van der Waals surface area contributed by atoms with Crippen LogP contribution < -0.4 is 4.31 Å². The predicted molar refractivity (Wildman–Crippen MR) is 62.2 cm³/mol. The molecular formula is C11H13NO3S. The second kappa shape index (κ2) is 4.25. The Labute approximate surface area is 94.9 Å². The van der Waals surface area contributed by atoms with E-state index in [-0.39, 0.29) is 5.75 Å². The fourth-order valence-corrected chi connectivity index (χ4v) is 3.46. The fourth-order valence-electron chi connectivity index (χ4n) is 1.83. The number of aldehydes is 1. The third-order valence-corrected chi connectivity index (χ3v) is 4.51. The summed E-state index contributed by atoms with van der Waals surface area (Å²) in [4.78, 5) is 10.6. The van der Waals surface area contributed by atoms with Crippen molar-refractivity contribution in [1.29, 1.82) is 0 Å². The molecular weight excluding hydrogens is 226 g/mol. The first-order chi connectivity index (χ1) is 7.63.